The number of hydrogen-bond donors (Lipinski definition) is 1. The number of esters is 2. The molecule has 7 rings (SSSR count). The van der Waals surface area contributed by atoms with E-state index < -0.39 is 30.0 Å². The summed E-state index contributed by atoms with van der Waals surface area (Å²) in [5, 5.41) is 4.42. The van der Waals surface area contributed by atoms with Gasteiger partial charge in [-0.05, 0) is 80.8 Å². The minimum Gasteiger partial charge on any atom is -0.497 e. The Kier molecular flexibility index (Phi) is 9.88. The summed E-state index contributed by atoms with van der Waals surface area (Å²) in [5.41, 5.74) is 1.62. The number of rotatable bonds is 10. The molecule has 0 radical (unpaired) electrons. The summed E-state index contributed by atoms with van der Waals surface area (Å²) in [6, 6.07) is 12.9. The highest BCUT2D eigenvalue weighted by Crippen LogP contribution is 2.44. The second-order valence-electron chi connectivity index (χ2n) is 13.3. The highest BCUT2D eigenvalue weighted by Gasteiger charge is 2.33. The number of benzene rings is 3. The molecular weight excluding hydrogens is 707 g/mol. The number of carbonyl (C=O) groups is 3. The fourth-order valence-corrected chi connectivity index (χ4v) is 7.20. The number of ether oxygens (including phenoxy) is 4. The van der Waals surface area contributed by atoms with Gasteiger partial charge in [0, 0.05) is 59.6 Å². The molecule has 2 aromatic heterocycles. The summed E-state index contributed by atoms with van der Waals surface area (Å²) >= 11 is 6.03. The van der Waals surface area contributed by atoms with Gasteiger partial charge in [-0.2, -0.15) is 0 Å². The third-order valence-corrected chi connectivity index (χ3v) is 10.1. The van der Waals surface area contributed by atoms with Gasteiger partial charge >= 0.3 is 11.9 Å². The lowest BCUT2D eigenvalue weighted by molar-refractivity contribution is -0.151. The largest absolute Gasteiger partial charge is 0.497 e. The van der Waals surface area contributed by atoms with Gasteiger partial charge in [-0.25, -0.2) is 9.18 Å². The fraction of sp³-hybridized carbons (Fsp3) is 0.333. The van der Waals surface area contributed by atoms with Crippen LogP contribution in [-0.2, 0) is 20.7 Å². The second kappa shape index (κ2) is 14.6. The molecule has 1 aliphatic carbocycles. The van der Waals surface area contributed by atoms with Crippen molar-refractivity contribution in [2.45, 2.75) is 45.2 Å². The number of aromatic nitrogens is 2. The molecule has 14 heteroatoms. The van der Waals surface area contributed by atoms with E-state index in [0.29, 0.717) is 63.6 Å². The van der Waals surface area contributed by atoms with Gasteiger partial charge in [0.15, 0.2) is 11.6 Å². The third kappa shape index (κ3) is 6.82. The Bertz CT molecular complexity index is 2330. The van der Waals surface area contributed by atoms with Crippen LogP contribution in [0.4, 0.5) is 10.1 Å². The quantitative estimate of drug-likeness (QED) is 0.138. The van der Waals surface area contributed by atoms with Gasteiger partial charge in [-0.1, -0.05) is 11.6 Å². The van der Waals surface area contributed by atoms with Crippen molar-refractivity contribution in [2.24, 2.45) is 0 Å². The van der Waals surface area contributed by atoms with E-state index in [2.05, 4.69) is 5.32 Å². The molecule has 1 saturated heterocycles. The first kappa shape index (κ1) is 36.0. The zero-order valence-electron chi connectivity index (χ0n) is 29.7. The highest BCUT2D eigenvalue weighted by molar-refractivity contribution is 6.30. The Labute approximate surface area is 308 Å². The Balaban J connectivity index is 1.12. The van der Waals surface area contributed by atoms with Crippen LogP contribution in [0.5, 0.6) is 11.5 Å². The van der Waals surface area contributed by atoms with Crippen LogP contribution < -0.4 is 25.1 Å². The average Bonchev–Trinajstić information content (AvgIpc) is 3.96. The number of carbonyl (C=O) groups excluding carboxylic acids is 3. The number of piperazine rings is 1. The van der Waals surface area contributed by atoms with Gasteiger partial charge in [0.2, 0.25) is 12.2 Å². The topological polar surface area (TPSA) is 130 Å². The van der Waals surface area contributed by atoms with Crippen molar-refractivity contribution >= 4 is 56.9 Å². The smallest absolute Gasteiger partial charge is 0.346 e. The number of halogens is 2. The lowest BCUT2D eigenvalue weighted by atomic mass is 10.1. The van der Waals surface area contributed by atoms with E-state index in [1.807, 2.05) is 11.8 Å². The Morgan fingerprint density at radius 2 is 1.75 bits per heavy atom. The van der Waals surface area contributed by atoms with Crippen LogP contribution in [0.3, 0.4) is 0 Å². The van der Waals surface area contributed by atoms with Gasteiger partial charge in [-0.15, -0.1) is 0 Å². The van der Waals surface area contributed by atoms with Crippen LogP contribution >= 0.6 is 11.6 Å². The molecule has 1 atom stereocenters. The van der Waals surface area contributed by atoms with Crippen LogP contribution in [-0.4, -0.2) is 73.7 Å². The zero-order valence-corrected chi connectivity index (χ0v) is 30.4. The lowest BCUT2D eigenvalue weighted by Gasteiger charge is -2.35. The van der Waals surface area contributed by atoms with Crippen molar-refractivity contribution in [3.8, 4) is 11.5 Å². The zero-order chi connectivity index (χ0) is 37.6. The Morgan fingerprint density at radius 1 is 1.00 bits per heavy atom. The van der Waals surface area contributed by atoms with E-state index in [4.69, 9.17) is 30.5 Å². The van der Waals surface area contributed by atoms with Crippen molar-refractivity contribution < 1.29 is 37.7 Å². The number of nitrogens with zero attached hydrogens (tertiary/aromatic N) is 3. The Morgan fingerprint density at radius 3 is 2.43 bits per heavy atom. The SMILES string of the molecule is COc1ccc2c(c1)c(CC(=O)OCOC(=O)c1cn(C3CC3)c3c(OC)c(N4CCNC(C)C4)c(F)cc3c1=O)c(C)n2C(=O)c1ccc(Cl)cc1. The maximum atomic E-state index is 15.8. The van der Waals surface area contributed by atoms with E-state index in [9.17, 15) is 19.2 Å². The minimum absolute atomic E-state index is 0.0138. The molecule has 0 amide bonds. The standard InChI is InChI=1S/C39H38ClFN4O8/c1-21-18-43(14-13-42-21)35-31(41)16-29-34(37(35)51-4)44(25-9-10-25)19-30(36(29)47)39(49)53-20-52-33(46)17-27-22(2)45(32-12-11-26(50-3)15-28(27)32)38(48)23-5-7-24(40)8-6-23/h5-8,11-12,15-16,19,21,25,42H,9-10,13-14,17-18,20H2,1-4H3. The molecule has 53 heavy (non-hydrogen) atoms. The number of anilines is 1. The first-order valence-electron chi connectivity index (χ1n) is 17.2. The normalized spacial score (nSPS) is 15.8. The molecule has 0 spiro atoms. The van der Waals surface area contributed by atoms with Crippen LogP contribution in [0, 0.1) is 12.7 Å². The summed E-state index contributed by atoms with van der Waals surface area (Å²) in [5.74, 6) is -1.96. The molecular formula is C39H38ClFN4O8. The van der Waals surface area contributed by atoms with Crippen LogP contribution in [0.15, 0.2) is 59.5 Å². The minimum atomic E-state index is -1.02. The second-order valence-corrected chi connectivity index (χ2v) is 13.7. The summed E-state index contributed by atoms with van der Waals surface area (Å²) in [6.07, 6.45) is 2.77. The first-order chi connectivity index (χ1) is 25.5. The fourth-order valence-electron chi connectivity index (χ4n) is 7.07. The van der Waals surface area contributed by atoms with E-state index in [1.54, 1.807) is 54.0 Å². The van der Waals surface area contributed by atoms with Crippen LogP contribution in [0.25, 0.3) is 21.8 Å². The van der Waals surface area contributed by atoms with E-state index >= 15 is 4.39 Å². The number of nitrogens with one attached hydrogen (secondary N) is 1. The average molecular weight is 745 g/mol. The predicted molar refractivity (Wildman–Crippen MR) is 197 cm³/mol. The first-order valence-corrected chi connectivity index (χ1v) is 17.6. The maximum absolute atomic E-state index is 15.8. The molecule has 3 heterocycles. The number of pyridine rings is 1. The third-order valence-electron chi connectivity index (χ3n) is 9.81. The molecule has 1 saturated carbocycles. The molecule has 12 nitrogen and oxygen atoms in total. The van der Waals surface area contributed by atoms with Crippen molar-refractivity contribution in [2.75, 3.05) is 45.5 Å². The molecule has 0 bridgehead atoms. The van der Waals surface area contributed by atoms with Gasteiger partial charge in [0.1, 0.15) is 17.0 Å². The van der Waals surface area contributed by atoms with Gasteiger partial charge in [0.05, 0.1) is 37.1 Å². The Hall–Kier alpha value is -5.40. The van der Waals surface area contributed by atoms with Gasteiger partial charge in [-0.3, -0.25) is 19.0 Å². The van der Waals surface area contributed by atoms with Gasteiger partial charge in [0.25, 0.3) is 5.91 Å². The van der Waals surface area contributed by atoms with E-state index in [1.165, 1.54) is 25.0 Å². The summed E-state index contributed by atoms with van der Waals surface area (Å²) < 4.78 is 40.9. The number of hydrogen-bond acceptors (Lipinski definition) is 10. The number of methoxy groups -OCH3 is 2. The molecule has 276 valence electrons. The lowest BCUT2D eigenvalue weighted by Crippen LogP contribution is -2.49. The van der Waals surface area contributed by atoms with Crippen molar-refractivity contribution in [1.29, 1.82) is 0 Å². The molecule has 1 N–H and O–H groups in total. The monoisotopic (exact) mass is 744 g/mol. The van der Waals surface area contributed by atoms with Crippen molar-refractivity contribution in [3.63, 3.8) is 0 Å². The van der Waals surface area contributed by atoms with Crippen LogP contribution in [0.1, 0.15) is 57.8 Å². The summed E-state index contributed by atoms with van der Waals surface area (Å²) in [7, 11) is 2.95. The van der Waals surface area contributed by atoms with Crippen molar-refractivity contribution in [1.82, 2.24) is 14.5 Å². The summed E-state index contributed by atoms with van der Waals surface area (Å²) in [6.45, 7) is 4.72. The highest BCUT2D eigenvalue weighted by atomic mass is 35.5. The van der Waals surface area contributed by atoms with Crippen LogP contribution in [0.2, 0.25) is 5.02 Å². The molecule has 5 aromatic rings. The predicted octanol–water partition coefficient (Wildman–Crippen LogP) is 5.80. The summed E-state index contributed by atoms with van der Waals surface area (Å²) in [4.78, 5) is 55.8. The number of fused-ring (bicyclic) bond motifs is 2. The molecule has 2 fully saturated rings. The maximum Gasteiger partial charge on any atom is 0.346 e. The van der Waals surface area contributed by atoms with E-state index in [-0.39, 0.29) is 46.8 Å². The molecule has 3 aromatic carbocycles. The molecule has 1 aliphatic heterocycles. The van der Waals surface area contributed by atoms with E-state index in [0.717, 1.165) is 18.9 Å². The molecule has 1 unspecified atom stereocenters. The van der Waals surface area contributed by atoms with Gasteiger partial charge < -0.3 is 33.7 Å². The molecule has 2 aliphatic rings. The van der Waals surface area contributed by atoms with Crippen molar-refractivity contribution in [3.05, 3.63) is 98.2 Å².